The molecule has 2 aromatic rings. The molecule has 1 aromatic carbocycles. The van der Waals surface area contributed by atoms with E-state index in [0.717, 1.165) is 42.4 Å². The molecule has 1 aliphatic heterocycles. The minimum Gasteiger partial charge on any atom is -0.458 e. The second-order valence-electron chi connectivity index (χ2n) is 6.79. The summed E-state index contributed by atoms with van der Waals surface area (Å²) in [6.07, 6.45) is 2.61. The summed E-state index contributed by atoms with van der Waals surface area (Å²) in [5.74, 6) is 0.395. The van der Waals surface area contributed by atoms with Crippen LogP contribution in [-0.2, 0) is 17.8 Å². The number of benzene rings is 1. The van der Waals surface area contributed by atoms with Gasteiger partial charge in [0.2, 0.25) is 4.80 Å². The fourth-order valence-electron chi connectivity index (χ4n) is 2.97. The first-order valence-corrected chi connectivity index (χ1v) is 11.9. The predicted molar refractivity (Wildman–Crippen MR) is 115 cm³/mol. The number of esters is 1. The molecule has 10 heteroatoms. The van der Waals surface area contributed by atoms with E-state index in [0.29, 0.717) is 23.6 Å². The molecular formula is C19H23ClFN3O3S2. The average Bonchev–Trinajstić information content (AvgIpc) is 3.00. The Balaban J connectivity index is 1.89. The Morgan fingerprint density at radius 1 is 1.38 bits per heavy atom. The first-order valence-electron chi connectivity index (χ1n) is 9.54. The molecule has 0 saturated carbocycles. The molecule has 0 bridgehead atoms. The largest absolute Gasteiger partial charge is 0.458 e. The van der Waals surface area contributed by atoms with E-state index in [1.54, 1.807) is 21.1 Å². The Labute approximate surface area is 181 Å². The van der Waals surface area contributed by atoms with Gasteiger partial charge >= 0.3 is 10.8 Å². The van der Waals surface area contributed by atoms with Crippen LogP contribution >= 0.6 is 34.7 Å². The Morgan fingerprint density at radius 3 is 2.83 bits per heavy atom. The topological polar surface area (TPSA) is 65.6 Å². The van der Waals surface area contributed by atoms with Crippen molar-refractivity contribution >= 4 is 46.4 Å². The Bertz CT molecular complexity index is 1020. The highest BCUT2D eigenvalue weighted by Gasteiger charge is 2.19. The quantitative estimate of drug-likeness (QED) is 0.459. The summed E-state index contributed by atoms with van der Waals surface area (Å²) in [4.78, 5) is 29.2. The molecular weight excluding hydrogens is 437 g/mol. The van der Waals surface area contributed by atoms with E-state index in [1.807, 2.05) is 6.92 Å². The van der Waals surface area contributed by atoms with Crippen LogP contribution in [0.1, 0.15) is 43.5 Å². The maximum Gasteiger partial charge on any atom is 0.340 e. The van der Waals surface area contributed by atoms with Crippen molar-refractivity contribution in [2.75, 3.05) is 11.5 Å². The van der Waals surface area contributed by atoms with E-state index in [9.17, 15) is 14.0 Å². The van der Waals surface area contributed by atoms with Crippen molar-refractivity contribution < 1.29 is 13.9 Å². The molecule has 2 heterocycles. The summed E-state index contributed by atoms with van der Waals surface area (Å²) in [5, 5.41) is -0.0281. The highest BCUT2D eigenvalue weighted by molar-refractivity contribution is 7.99. The number of carbonyl (C=O) groups is 1. The van der Waals surface area contributed by atoms with Gasteiger partial charge in [0.1, 0.15) is 17.6 Å². The minimum atomic E-state index is -0.658. The normalized spacial score (nSPS) is 15.2. The van der Waals surface area contributed by atoms with Gasteiger partial charge in [0.25, 0.3) is 0 Å². The second kappa shape index (κ2) is 9.95. The number of aromatic nitrogens is 2. The fraction of sp³-hybridized carbons (Fsp3) is 0.526. The molecule has 0 aliphatic carbocycles. The van der Waals surface area contributed by atoms with Gasteiger partial charge in [-0.3, -0.25) is 9.48 Å². The summed E-state index contributed by atoms with van der Waals surface area (Å²) in [6, 6.07) is 2.35. The molecule has 3 rings (SSSR count). The summed E-state index contributed by atoms with van der Waals surface area (Å²) < 4.78 is 23.3. The first-order chi connectivity index (χ1) is 13.9. The SMILES string of the molecule is CCCSCC(C)OC(=O)c1cc(/N=c2/sc(=O)n3n2CCCC3)c(F)cc1Cl. The van der Waals surface area contributed by atoms with Gasteiger partial charge in [-0.05, 0) is 55.4 Å². The highest BCUT2D eigenvalue weighted by Crippen LogP contribution is 2.27. The lowest BCUT2D eigenvalue weighted by Gasteiger charge is -2.16. The standard InChI is InChI=1S/C19H23ClFN3O3S2/c1-3-8-28-11-12(2)27-17(25)13-9-16(15(21)10-14(13)20)22-18-23-6-4-5-7-24(23)19(26)29-18/h9-10,12H,3-8,11H2,1-2H3/b22-18+. The van der Waals surface area contributed by atoms with Crippen LogP contribution < -0.4 is 9.67 Å². The van der Waals surface area contributed by atoms with E-state index in [4.69, 9.17) is 16.3 Å². The van der Waals surface area contributed by atoms with Crippen molar-refractivity contribution in [2.24, 2.45) is 4.99 Å². The maximum absolute atomic E-state index is 14.5. The number of ether oxygens (including phenoxy) is 1. The summed E-state index contributed by atoms with van der Waals surface area (Å²) in [7, 11) is 0. The average molecular weight is 460 g/mol. The molecule has 0 amide bonds. The van der Waals surface area contributed by atoms with Crippen molar-refractivity contribution in [3.8, 4) is 0 Å². The lowest BCUT2D eigenvalue weighted by molar-refractivity contribution is 0.0386. The first kappa shape index (κ1) is 22.1. The van der Waals surface area contributed by atoms with Crippen LogP contribution in [0.4, 0.5) is 10.1 Å². The number of fused-ring (bicyclic) bond motifs is 1. The molecule has 29 heavy (non-hydrogen) atoms. The van der Waals surface area contributed by atoms with E-state index in [1.165, 1.54) is 6.07 Å². The van der Waals surface area contributed by atoms with Crippen LogP contribution in [0, 0.1) is 5.82 Å². The Hall–Kier alpha value is -1.58. The van der Waals surface area contributed by atoms with Crippen LogP contribution in [0.3, 0.4) is 0 Å². The van der Waals surface area contributed by atoms with Crippen molar-refractivity contribution in [1.29, 1.82) is 0 Å². The van der Waals surface area contributed by atoms with E-state index >= 15 is 0 Å². The Morgan fingerprint density at radius 2 is 2.10 bits per heavy atom. The molecule has 1 aliphatic rings. The van der Waals surface area contributed by atoms with Crippen molar-refractivity contribution in [2.45, 2.75) is 52.3 Å². The maximum atomic E-state index is 14.5. The summed E-state index contributed by atoms with van der Waals surface area (Å²) in [6.45, 7) is 5.17. The van der Waals surface area contributed by atoms with Gasteiger partial charge in [-0.1, -0.05) is 18.5 Å². The van der Waals surface area contributed by atoms with Crippen molar-refractivity contribution in [3.63, 3.8) is 0 Å². The molecule has 1 aromatic heterocycles. The molecule has 0 N–H and O–H groups in total. The zero-order valence-corrected chi connectivity index (χ0v) is 18.7. The zero-order chi connectivity index (χ0) is 21.0. The molecule has 0 saturated heterocycles. The predicted octanol–water partition coefficient (Wildman–Crippen LogP) is 4.22. The second-order valence-corrected chi connectivity index (χ2v) is 9.27. The number of rotatable bonds is 7. The number of thioether (sulfide) groups is 1. The van der Waals surface area contributed by atoms with Crippen LogP contribution in [0.15, 0.2) is 21.9 Å². The van der Waals surface area contributed by atoms with E-state index in [2.05, 4.69) is 11.9 Å². The van der Waals surface area contributed by atoms with Crippen LogP contribution in [0.25, 0.3) is 0 Å². The number of hydrogen-bond acceptors (Lipinski definition) is 6. The van der Waals surface area contributed by atoms with Crippen molar-refractivity contribution in [3.05, 3.63) is 43.0 Å². The minimum absolute atomic E-state index is 0.0281. The smallest absolute Gasteiger partial charge is 0.340 e. The molecule has 158 valence electrons. The van der Waals surface area contributed by atoms with Gasteiger partial charge in [-0.2, -0.15) is 11.8 Å². The van der Waals surface area contributed by atoms with Gasteiger partial charge in [-0.15, -0.1) is 0 Å². The summed E-state index contributed by atoms with van der Waals surface area (Å²) >= 11 is 8.75. The van der Waals surface area contributed by atoms with Gasteiger partial charge in [0.05, 0.1) is 10.6 Å². The zero-order valence-electron chi connectivity index (χ0n) is 16.3. The highest BCUT2D eigenvalue weighted by atomic mass is 35.5. The summed E-state index contributed by atoms with van der Waals surface area (Å²) in [5.41, 5.74) is 0.0154. The number of nitrogens with zero attached hydrogens (tertiary/aromatic N) is 3. The van der Waals surface area contributed by atoms with Gasteiger partial charge < -0.3 is 4.74 Å². The van der Waals surface area contributed by atoms with Crippen LogP contribution in [-0.4, -0.2) is 32.9 Å². The molecule has 6 nitrogen and oxygen atoms in total. The molecule has 0 radical (unpaired) electrons. The number of carbonyl (C=O) groups excluding carboxylic acids is 1. The van der Waals surface area contributed by atoms with Crippen LogP contribution in [0.2, 0.25) is 5.02 Å². The third-order valence-electron chi connectivity index (χ3n) is 4.37. The lowest BCUT2D eigenvalue weighted by atomic mass is 10.2. The molecule has 0 spiro atoms. The number of hydrogen-bond donors (Lipinski definition) is 0. The van der Waals surface area contributed by atoms with Crippen molar-refractivity contribution in [1.82, 2.24) is 9.36 Å². The third-order valence-corrected chi connectivity index (χ3v) is 6.96. The monoisotopic (exact) mass is 459 g/mol. The third kappa shape index (κ3) is 5.32. The Kier molecular flexibility index (Phi) is 7.59. The molecule has 0 fully saturated rings. The molecule has 1 atom stereocenters. The van der Waals surface area contributed by atoms with Gasteiger partial charge in [-0.25, -0.2) is 18.9 Å². The van der Waals surface area contributed by atoms with Gasteiger partial charge in [0, 0.05) is 18.8 Å². The van der Waals surface area contributed by atoms with Crippen LogP contribution in [0.5, 0.6) is 0 Å². The molecule has 1 unspecified atom stereocenters. The van der Waals surface area contributed by atoms with E-state index < -0.39 is 11.8 Å². The van der Waals surface area contributed by atoms with E-state index in [-0.39, 0.29) is 27.3 Å². The fourth-order valence-corrected chi connectivity index (χ4v) is 4.95. The van der Waals surface area contributed by atoms with Gasteiger partial charge in [0.15, 0.2) is 0 Å². The number of halogens is 2. The lowest BCUT2D eigenvalue weighted by Crippen LogP contribution is -2.31.